The minimum absolute atomic E-state index is 0.668. The summed E-state index contributed by atoms with van der Waals surface area (Å²) in [5, 5.41) is 4.71. The van der Waals surface area contributed by atoms with Crippen molar-refractivity contribution >= 4 is 28.9 Å². The Hall–Kier alpha value is -1.18. The van der Waals surface area contributed by atoms with Crippen LogP contribution in [0.5, 0.6) is 0 Å². The highest BCUT2D eigenvalue weighted by atomic mass is 35.5. The number of rotatable bonds is 1. The van der Waals surface area contributed by atoms with Gasteiger partial charge in [-0.1, -0.05) is 35.3 Å². The van der Waals surface area contributed by atoms with Crippen LogP contribution in [0.15, 0.2) is 36.4 Å². The lowest BCUT2D eigenvalue weighted by Gasteiger charge is -2.07. The average molecular weight is 264 g/mol. The molecule has 0 amide bonds. The highest BCUT2D eigenvalue weighted by molar-refractivity contribution is 6.36. The Kier molecular flexibility index (Phi) is 2.73. The summed E-state index contributed by atoms with van der Waals surface area (Å²) in [6.07, 6.45) is 1.08. The molecule has 1 heterocycles. The van der Waals surface area contributed by atoms with Gasteiger partial charge in [-0.15, -0.1) is 0 Å². The van der Waals surface area contributed by atoms with Crippen molar-refractivity contribution in [1.82, 2.24) is 0 Å². The minimum Gasteiger partial charge on any atom is -0.384 e. The van der Waals surface area contributed by atoms with E-state index in [0.717, 1.165) is 24.1 Å². The maximum absolute atomic E-state index is 6.21. The molecule has 17 heavy (non-hydrogen) atoms. The van der Waals surface area contributed by atoms with E-state index in [0.29, 0.717) is 10.0 Å². The van der Waals surface area contributed by atoms with E-state index in [4.69, 9.17) is 23.2 Å². The van der Waals surface area contributed by atoms with Gasteiger partial charge in [0.2, 0.25) is 0 Å². The lowest BCUT2D eigenvalue weighted by Crippen LogP contribution is -1.90. The molecule has 0 spiro atoms. The van der Waals surface area contributed by atoms with E-state index in [9.17, 15) is 0 Å². The van der Waals surface area contributed by atoms with Gasteiger partial charge in [0, 0.05) is 27.8 Å². The Morgan fingerprint density at radius 1 is 1.00 bits per heavy atom. The summed E-state index contributed by atoms with van der Waals surface area (Å²) in [6, 6.07) is 12.0. The second kappa shape index (κ2) is 4.25. The third-order valence-corrected chi connectivity index (χ3v) is 3.60. The van der Waals surface area contributed by atoms with Crippen molar-refractivity contribution in [3.63, 3.8) is 0 Å². The molecule has 0 saturated heterocycles. The van der Waals surface area contributed by atoms with Gasteiger partial charge < -0.3 is 5.32 Å². The number of hydrogen-bond donors (Lipinski definition) is 1. The van der Waals surface area contributed by atoms with Gasteiger partial charge in [-0.25, -0.2) is 0 Å². The molecule has 1 aliphatic rings. The summed E-state index contributed by atoms with van der Waals surface area (Å²) in [4.78, 5) is 0. The maximum atomic E-state index is 6.21. The molecule has 0 bridgehead atoms. The van der Waals surface area contributed by atoms with Gasteiger partial charge in [0.15, 0.2) is 0 Å². The van der Waals surface area contributed by atoms with Crippen LogP contribution in [0.2, 0.25) is 10.0 Å². The SMILES string of the molecule is Clc1ccc(-c2ccc3c(c2)CCN3)c(Cl)c1. The van der Waals surface area contributed by atoms with Crippen LogP contribution in [0.4, 0.5) is 5.69 Å². The summed E-state index contributed by atoms with van der Waals surface area (Å²) in [7, 11) is 0. The molecule has 0 aromatic heterocycles. The topological polar surface area (TPSA) is 12.0 Å². The lowest BCUT2D eigenvalue weighted by atomic mass is 10.0. The highest BCUT2D eigenvalue weighted by Gasteiger charge is 2.12. The van der Waals surface area contributed by atoms with Gasteiger partial charge in [-0.2, -0.15) is 0 Å². The summed E-state index contributed by atoms with van der Waals surface area (Å²) in [5.74, 6) is 0. The zero-order valence-corrected chi connectivity index (χ0v) is 10.6. The van der Waals surface area contributed by atoms with Crippen LogP contribution in [0.25, 0.3) is 11.1 Å². The Morgan fingerprint density at radius 3 is 2.71 bits per heavy atom. The van der Waals surface area contributed by atoms with Crippen molar-refractivity contribution in [2.45, 2.75) is 6.42 Å². The molecule has 1 nitrogen and oxygen atoms in total. The number of benzene rings is 2. The third kappa shape index (κ3) is 2.01. The second-order valence-electron chi connectivity index (χ2n) is 4.17. The van der Waals surface area contributed by atoms with E-state index in [-0.39, 0.29) is 0 Å². The second-order valence-corrected chi connectivity index (χ2v) is 5.02. The Labute approximate surface area is 110 Å². The fourth-order valence-corrected chi connectivity index (χ4v) is 2.71. The predicted molar refractivity (Wildman–Crippen MR) is 74.1 cm³/mol. The molecule has 1 aliphatic heterocycles. The molecular formula is C14H11Cl2N. The molecule has 0 radical (unpaired) electrons. The van der Waals surface area contributed by atoms with E-state index in [2.05, 4.69) is 23.5 Å². The fourth-order valence-electron chi connectivity index (χ4n) is 2.20. The molecule has 3 rings (SSSR count). The van der Waals surface area contributed by atoms with E-state index in [1.54, 1.807) is 6.07 Å². The van der Waals surface area contributed by atoms with E-state index in [1.165, 1.54) is 11.3 Å². The molecule has 1 N–H and O–H groups in total. The van der Waals surface area contributed by atoms with Crippen molar-refractivity contribution in [3.8, 4) is 11.1 Å². The number of fused-ring (bicyclic) bond motifs is 1. The van der Waals surface area contributed by atoms with Crippen molar-refractivity contribution in [3.05, 3.63) is 52.0 Å². The van der Waals surface area contributed by atoms with Crippen molar-refractivity contribution in [1.29, 1.82) is 0 Å². The first-order valence-corrected chi connectivity index (χ1v) is 6.32. The van der Waals surface area contributed by atoms with Crippen LogP contribution in [0.3, 0.4) is 0 Å². The number of hydrogen-bond acceptors (Lipinski definition) is 1. The zero-order valence-electron chi connectivity index (χ0n) is 9.13. The molecule has 0 saturated carbocycles. The zero-order chi connectivity index (χ0) is 11.8. The van der Waals surface area contributed by atoms with E-state index >= 15 is 0 Å². The predicted octanol–water partition coefficient (Wildman–Crippen LogP) is 4.63. The van der Waals surface area contributed by atoms with Gasteiger partial charge in [-0.05, 0) is 41.8 Å². The first-order chi connectivity index (χ1) is 8.24. The summed E-state index contributed by atoms with van der Waals surface area (Å²) in [5.41, 5.74) is 4.77. The fraction of sp³-hybridized carbons (Fsp3) is 0.143. The Balaban J connectivity index is 2.09. The lowest BCUT2D eigenvalue weighted by molar-refractivity contribution is 1.11. The van der Waals surface area contributed by atoms with Crippen molar-refractivity contribution in [2.75, 3.05) is 11.9 Å². The monoisotopic (exact) mass is 263 g/mol. The normalized spacial score (nSPS) is 13.3. The van der Waals surface area contributed by atoms with Crippen LogP contribution >= 0.6 is 23.2 Å². The largest absolute Gasteiger partial charge is 0.384 e. The Bertz CT molecular complexity index is 578. The Morgan fingerprint density at radius 2 is 1.88 bits per heavy atom. The first-order valence-electron chi connectivity index (χ1n) is 5.56. The van der Waals surface area contributed by atoms with Gasteiger partial charge in [0.05, 0.1) is 0 Å². The highest BCUT2D eigenvalue weighted by Crippen LogP contribution is 2.33. The molecular weight excluding hydrogens is 253 g/mol. The van der Waals surface area contributed by atoms with Gasteiger partial charge >= 0.3 is 0 Å². The molecule has 86 valence electrons. The van der Waals surface area contributed by atoms with Gasteiger partial charge in [-0.3, -0.25) is 0 Å². The number of nitrogens with one attached hydrogen (secondary N) is 1. The molecule has 0 unspecified atom stereocenters. The van der Waals surface area contributed by atoms with E-state index in [1.807, 2.05) is 12.1 Å². The quantitative estimate of drug-likeness (QED) is 0.791. The molecule has 0 aliphatic carbocycles. The van der Waals surface area contributed by atoms with Crippen LogP contribution in [0.1, 0.15) is 5.56 Å². The standard InChI is InChI=1S/C14H11Cl2N/c15-11-2-3-12(13(16)8-11)9-1-4-14-10(7-9)5-6-17-14/h1-4,7-8,17H,5-6H2. The van der Waals surface area contributed by atoms with Crippen molar-refractivity contribution < 1.29 is 0 Å². The number of halogens is 2. The third-order valence-electron chi connectivity index (χ3n) is 3.06. The summed E-state index contributed by atoms with van der Waals surface area (Å²) >= 11 is 12.1. The maximum Gasteiger partial charge on any atom is 0.0499 e. The first kappa shape index (κ1) is 10.9. The molecule has 2 aromatic carbocycles. The molecule has 3 heteroatoms. The van der Waals surface area contributed by atoms with Crippen LogP contribution in [-0.4, -0.2) is 6.54 Å². The van der Waals surface area contributed by atoms with Gasteiger partial charge in [0.25, 0.3) is 0 Å². The smallest absolute Gasteiger partial charge is 0.0499 e. The molecule has 2 aromatic rings. The van der Waals surface area contributed by atoms with Crippen molar-refractivity contribution in [2.24, 2.45) is 0 Å². The van der Waals surface area contributed by atoms with E-state index < -0.39 is 0 Å². The molecule has 0 atom stereocenters. The van der Waals surface area contributed by atoms with Crippen LogP contribution < -0.4 is 5.32 Å². The summed E-state index contributed by atoms with van der Waals surface area (Å²) in [6.45, 7) is 1.02. The number of anilines is 1. The van der Waals surface area contributed by atoms with Crippen LogP contribution in [0, 0.1) is 0 Å². The minimum atomic E-state index is 0.668. The summed E-state index contributed by atoms with van der Waals surface area (Å²) < 4.78 is 0. The van der Waals surface area contributed by atoms with Crippen LogP contribution in [-0.2, 0) is 6.42 Å². The average Bonchev–Trinajstić information content (AvgIpc) is 2.75. The molecule has 0 fully saturated rings. The van der Waals surface area contributed by atoms with Gasteiger partial charge in [0.1, 0.15) is 0 Å².